The molecule has 1 saturated heterocycles. The van der Waals surface area contributed by atoms with E-state index in [-0.39, 0.29) is 6.10 Å². The molecule has 1 aromatic rings. The second-order valence-corrected chi connectivity index (χ2v) is 5.53. The van der Waals surface area contributed by atoms with Crippen LogP contribution in [0.1, 0.15) is 30.4 Å². The highest BCUT2D eigenvalue weighted by Crippen LogP contribution is 2.36. The van der Waals surface area contributed by atoms with Crippen molar-refractivity contribution in [2.24, 2.45) is 0 Å². The number of hydrogen-bond donors (Lipinski definition) is 1. The van der Waals surface area contributed by atoms with E-state index < -0.39 is 17.5 Å². The minimum Gasteiger partial charge on any atom is -0.507 e. The summed E-state index contributed by atoms with van der Waals surface area (Å²) in [5, 5.41) is 9.31. The third kappa shape index (κ3) is 4.61. The monoisotopic (exact) mass is 303 g/mol. The molecule has 2 rings (SSSR count). The summed E-state index contributed by atoms with van der Waals surface area (Å²) >= 11 is 0. The van der Waals surface area contributed by atoms with Gasteiger partial charge in [-0.25, -0.2) is 0 Å². The van der Waals surface area contributed by atoms with Gasteiger partial charge in [0.2, 0.25) is 0 Å². The molecule has 0 aromatic heterocycles. The molecule has 0 amide bonds. The van der Waals surface area contributed by atoms with Crippen molar-refractivity contribution in [3.05, 3.63) is 29.3 Å². The Labute approximate surface area is 122 Å². The van der Waals surface area contributed by atoms with Gasteiger partial charge < -0.3 is 9.84 Å². The number of hydrogen-bond acceptors (Lipinski definition) is 3. The van der Waals surface area contributed by atoms with Gasteiger partial charge in [0.25, 0.3) is 0 Å². The van der Waals surface area contributed by atoms with Crippen molar-refractivity contribution < 1.29 is 23.0 Å². The summed E-state index contributed by atoms with van der Waals surface area (Å²) in [6.45, 7) is 1.85. The zero-order valence-corrected chi connectivity index (χ0v) is 12.0. The lowest BCUT2D eigenvalue weighted by molar-refractivity contribution is -0.138. The quantitative estimate of drug-likeness (QED) is 0.925. The normalized spacial score (nSPS) is 20.0. The Kier molecular flexibility index (Phi) is 5.11. The molecule has 0 bridgehead atoms. The van der Waals surface area contributed by atoms with Gasteiger partial charge in [-0.1, -0.05) is 6.07 Å². The van der Waals surface area contributed by atoms with Crippen LogP contribution in [-0.4, -0.2) is 36.3 Å². The fourth-order valence-electron chi connectivity index (χ4n) is 2.58. The number of halogens is 3. The van der Waals surface area contributed by atoms with E-state index in [1.54, 1.807) is 0 Å². The number of aromatic hydroxyl groups is 1. The Hall–Kier alpha value is -1.27. The summed E-state index contributed by atoms with van der Waals surface area (Å²) in [7, 11) is 1.86. The van der Waals surface area contributed by atoms with E-state index in [0.717, 1.165) is 38.0 Å². The molecule has 21 heavy (non-hydrogen) atoms. The van der Waals surface area contributed by atoms with Crippen molar-refractivity contribution in [2.45, 2.75) is 38.1 Å². The first-order valence-corrected chi connectivity index (χ1v) is 7.05. The van der Waals surface area contributed by atoms with E-state index in [1.165, 1.54) is 6.07 Å². The highest BCUT2D eigenvalue weighted by atomic mass is 19.4. The lowest BCUT2D eigenvalue weighted by Gasteiger charge is -2.27. The van der Waals surface area contributed by atoms with Crippen LogP contribution in [0.4, 0.5) is 13.2 Å². The molecule has 0 aliphatic carbocycles. The van der Waals surface area contributed by atoms with E-state index in [4.69, 9.17) is 4.74 Å². The fourth-order valence-corrected chi connectivity index (χ4v) is 2.58. The number of alkyl halides is 3. The van der Waals surface area contributed by atoms with Crippen molar-refractivity contribution in [2.75, 3.05) is 20.2 Å². The Balaban J connectivity index is 1.98. The first-order chi connectivity index (χ1) is 9.86. The van der Waals surface area contributed by atoms with Gasteiger partial charge in [-0.05, 0) is 44.0 Å². The van der Waals surface area contributed by atoms with E-state index in [9.17, 15) is 18.3 Å². The first kappa shape index (κ1) is 16.1. The van der Waals surface area contributed by atoms with Crippen molar-refractivity contribution >= 4 is 0 Å². The topological polar surface area (TPSA) is 32.7 Å². The van der Waals surface area contributed by atoms with Gasteiger partial charge in [0.05, 0.1) is 11.7 Å². The molecular formula is C15H20F3NO2. The van der Waals surface area contributed by atoms with Gasteiger partial charge in [-0.2, -0.15) is 13.2 Å². The van der Waals surface area contributed by atoms with Gasteiger partial charge in [0.15, 0.2) is 0 Å². The molecule has 118 valence electrons. The predicted octanol–water partition coefficient (Wildman–Crippen LogP) is 3.41. The van der Waals surface area contributed by atoms with Crippen molar-refractivity contribution in [1.29, 1.82) is 0 Å². The Morgan fingerprint density at radius 3 is 2.71 bits per heavy atom. The average Bonchev–Trinajstić information content (AvgIpc) is 2.41. The summed E-state index contributed by atoms with van der Waals surface area (Å²) < 4.78 is 43.9. The van der Waals surface area contributed by atoms with Gasteiger partial charge in [-0.15, -0.1) is 0 Å². The third-order valence-electron chi connectivity index (χ3n) is 3.61. The lowest BCUT2D eigenvalue weighted by atomic mass is 10.1. The number of ether oxygens (including phenoxy) is 1. The van der Waals surface area contributed by atoms with Crippen LogP contribution < -0.4 is 0 Å². The molecule has 3 nitrogen and oxygen atoms in total. The lowest BCUT2D eigenvalue weighted by Crippen LogP contribution is -2.33. The number of phenols is 1. The smallest absolute Gasteiger partial charge is 0.419 e. The van der Waals surface area contributed by atoms with Crippen LogP contribution in [0.2, 0.25) is 0 Å². The van der Waals surface area contributed by atoms with E-state index in [2.05, 4.69) is 0 Å². The predicted molar refractivity (Wildman–Crippen MR) is 73.0 cm³/mol. The van der Waals surface area contributed by atoms with Crippen molar-refractivity contribution in [3.8, 4) is 5.75 Å². The molecule has 1 aliphatic heterocycles. The third-order valence-corrected chi connectivity index (χ3v) is 3.61. The Morgan fingerprint density at radius 2 is 2.10 bits per heavy atom. The summed E-state index contributed by atoms with van der Waals surface area (Å²) in [5.41, 5.74) is -0.458. The van der Waals surface area contributed by atoms with E-state index in [1.807, 2.05) is 11.9 Å². The maximum atomic E-state index is 12.7. The minimum absolute atomic E-state index is 0.156. The van der Waals surface area contributed by atoms with Crippen LogP contribution in [0.5, 0.6) is 5.75 Å². The van der Waals surface area contributed by atoms with Crippen LogP contribution in [0, 0.1) is 0 Å². The average molecular weight is 303 g/mol. The number of likely N-dealkylation sites (N-methyl/N-ethyl adjacent to an activating group) is 1. The van der Waals surface area contributed by atoms with Crippen LogP contribution in [0.15, 0.2) is 18.2 Å². The molecule has 1 N–H and O–H groups in total. The first-order valence-electron chi connectivity index (χ1n) is 7.05. The molecule has 0 saturated carbocycles. The maximum Gasteiger partial charge on any atom is 0.419 e. The van der Waals surface area contributed by atoms with Crippen LogP contribution >= 0.6 is 0 Å². The summed E-state index contributed by atoms with van der Waals surface area (Å²) in [4.78, 5) is 1.95. The van der Waals surface area contributed by atoms with E-state index >= 15 is 0 Å². The molecule has 1 aliphatic rings. The standard InChI is InChI=1S/C15H20F3NO2/c1-19(10-12-4-2-3-7-21-12)9-11-5-6-14(20)13(8-11)15(16,17)18/h5-6,8,12,20H,2-4,7,9-10H2,1H3. The fraction of sp³-hybridized carbons (Fsp3) is 0.600. The Bertz CT molecular complexity index is 470. The summed E-state index contributed by atoms with van der Waals surface area (Å²) in [6.07, 6.45) is -1.18. The second kappa shape index (κ2) is 6.66. The van der Waals surface area contributed by atoms with Crippen molar-refractivity contribution in [3.63, 3.8) is 0 Å². The number of rotatable bonds is 4. The van der Waals surface area contributed by atoms with Gasteiger partial charge in [-0.3, -0.25) is 4.90 Å². The molecule has 0 spiro atoms. The maximum absolute atomic E-state index is 12.7. The largest absolute Gasteiger partial charge is 0.507 e. The zero-order valence-electron chi connectivity index (χ0n) is 12.0. The van der Waals surface area contributed by atoms with Gasteiger partial charge in [0.1, 0.15) is 5.75 Å². The molecule has 1 fully saturated rings. The number of phenolic OH excluding ortho intramolecular Hbond substituents is 1. The number of benzene rings is 1. The summed E-state index contributed by atoms with van der Waals surface area (Å²) in [5.74, 6) is -0.732. The zero-order chi connectivity index (χ0) is 15.5. The van der Waals surface area contributed by atoms with Crippen LogP contribution in [0.25, 0.3) is 0 Å². The molecule has 1 aromatic carbocycles. The van der Waals surface area contributed by atoms with Gasteiger partial charge in [0, 0.05) is 19.7 Å². The number of nitrogens with zero attached hydrogens (tertiary/aromatic N) is 1. The van der Waals surface area contributed by atoms with E-state index in [0.29, 0.717) is 18.7 Å². The molecule has 1 atom stereocenters. The highest BCUT2D eigenvalue weighted by Gasteiger charge is 2.34. The SMILES string of the molecule is CN(Cc1ccc(O)c(C(F)(F)F)c1)CC1CCCCO1. The minimum atomic E-state index is -4.54. The highest BCUT2D eigenvalue weighted by molar-refractivity contribution is 5.38. The van der Waals surface area contributed by atoms with Crippen LogP contribution in [0.3, 0.4) is 0 Å². The molecular weight excluding hydrogens is 283 g/mol. The van der Waals surface area contributed by atoms with Gasteiger partial charge >= 0.3 is 6.18 Å². The second-order valence-electron chi connectivity index (χ2n) is 5.53. The molecule has 1 unspecified atom stereocenters. The summed E-state index contributed by atoms with van der Waals surface area (Å²) in [6, 6.07) is 3.62. The van der Waals surface area contributed by atoms with Crippen LogP contribution in [-0.2, 0) is 17.5 Å². The van der Waals surface area contributed by atoms with Crippen molar-refractivity contribution in [1.82, 2.24) is 4.90 Å². The Morgan fingerprint density at radius 1 is 1.33 bits per heavy atom. The molecule has 6 heteroatoms. The molecule has 1 heterocycles. The molecule has 0 radical (unpaired) electrons.